The monoisotopic (exact) mass is 600 g/mol. The molecule has 2 saturated carbocycles. The van der Waals surface area contributed by atoms with Crippen LogP contribution in [-0.4, -0.2) is 45.3 Å². The van der Waals surface area contributed by atoms with E-state index in [1.54, 1.807) is 0 Å². The molecule has 2 unspecified atom stereocenters. The Hall–Kier alpha value is -2.50. The number of epoxide rings is 2. The van der Waals surface area contributed by atoms with E-state index in [1.165, 1.54) is 22.3 Å². The number of fused-ring (bicyclic) bond motifs is 2. The largest absolute Gasteiger partial charge is 0.393 e. The minimum absolute atomic E-state index is 0.00204. The summed E-state index contributed by atoms with van der Waals surface area (Å²) in [4.78, 5) is 0. The molecule has 2 heterocycles. The molecule has 4 heteroatoms. The predicted molar refractivity (Wildman–Crippen MR) is 183 cm³/mol. The van der Waals surface area contributed by atoms with Crippen LogP contribution in [0.3, 0.4) is 0 Å². The summed E-state index contributed by atoms with van der Waals surface area (Å²) in [5.41, 5.74) is 3.80. The first-order valence-electron chi connectivity index (χ1n) is 16.3. The van der Waals surface area contributed by atoms with Gasteiger partial charge in [-0.25, -0.2) is 0 Å². The molecule has 0 bridgehead atoms. The molecule has 2 aliphatic carbocycles. The van der Waals surface area contributed by atoms with Crippen LogP contribution < -0.4 is 0 Å². The van der Waals surface area contributed by atoms with Crippen molar-refractivity contribution in [1.29, 1.82) is 0 Å². The summed E-state index contributed by atoms with van der Waals surface area (Å²) >= 11 is 0. The second-order valence-corrected chi connectivity index (χ2v) is 15.4. The van der Waals surface area contributed by atoms with E-state index in [0.29, 0.717) is 6.42 Å². The maximum atomic E-state index is 10.3. The molecule has 2 saturated heterocycles. The molecule has 0 aromatic carbocycles. The summed E-state index contributed by atoms with van der Waals surface area (Å²) in [5.74, 6) is 0.283. The van der Waals surface area contributed by atoms with Crippen LogP contribution in [-0.2, 0) is 9.47 Å². The van der Waals surface area contributed by atoms with Gasteiger partial charge in [0.15, 0.2) is 0 Å². The van der Waals surface area contributed by atoms with E-state index in [-0.39, 0.29) is 51.9 Å². The first-order chi connectivity index (χ1) is 20.4. The molecular weight excluding hydrogens is 544 g/mol. The van der Waals surface area contributed by atoms with Gasteiger partial charge in [0, 0.05) is 17.8 Å². The first-order valence-corrected chi connectivity index (χ1v) is 16.3. The fourth-order valence-corrected chi connectivity index (χ4v) is 7.86. The van der Waals surface area contributed by atoms with E-state index in [4.69, 9.17) is 9.47 Å². The lowest BCUT2D eigenvalue weighted by Gasteiger charge is -2.40. The third kappa shape index (κ3) is 7.31. The molecule has 0 aromatic rings. The molecule has 4 aliphatic rings. The molecular formula is C40H56O4. The Bertz CT molecular complexity index is 1360. The van der Waals surface area contributed by atoms with Gasteiger partial charge in [-0.1, -0.05) is 129 Å². The lowest BCUT2D eigenvalue weighted by Crippen LogP contribution is -2.46. The van der Waals surface area contributed by atoms with Gasteiger partial charge in [0.25, 0.3) is 0 Å². The molecule has 0 aromatic heterocycles. The average Bonchev–Trinajstić information content (AvgIpc) is 3.77. The fourth-order valence-electron chi connectivity index (χ4n) is 7.86. The molecule has 0 amide bonds. The minimum Gasteiger partial charge on any atom is -0.393 e. The van der Waals surface area contributed by atoms with Gasteiger partial charge in [0.2, 0.25) is 0 Å². The van der Waals surface area contributed by atoms with E-state index < -0.39 is 0 Å². The normalized spacial score (nSPS) is 39.2. The number of ether oxygens (including phenoxy) is 2. The second-order valence-electron chi connectivity index (χ2n) is 15.4. The Labute approximate surface area is 267 Å². The molecule has 2 aliphatic heterocycles. The van der Waals surface area contributed by atoms with E-state index in [2.05, 4.69) is 154 Å². The van der Waals surface area contributed by atoms with Crippen molar-refractivity contribution in [3.8, 4) is 0 Å². The Balaban J connectivity index is 1.25. The summed E-state index contributed by atoms with van der Waals surface area (Å²) in [6.07, 6.45) is 31.4. The van der Waals surface area contributed by atoms with Crippen LogP contribution in [0.1, 0.15) is 88.5 Å². The molecule has 0 radical (unpaired) electrons. The number of hydrogen-bond acceptors (Lipinski definition) is 4. The number of allylic oxidation sites excluding steroid dienone is 16. The highest BCUT2D eigenvalue weighted by Gasteiger charge is 2.74. The lowest BCUT2D eigenvalue weighted by molar-refractivity contribution is 0.0447. The topological polar surface area (TPSA) is 65.5 Å². The van der Waals surface area contributed by atoms with Crippen molar-refractivity contribution in [2.24, 2.45) is 16.7 Å². The van der Waals surface area contributed by atoms with Crippen molar-refractivity contribution < 1.29 is 19.7 Å². The molecule has 44 heavy (non-hydrogen) atoms. The quantitative estimate of drug-likeness (QED) is 0.194. The molecule has 2 N–H and O–H groups in total. The summed E-state index contributed by atoms with van der Waals surface area (Å²) in [7, 11) is 0. The highest BCUT2D eigenvalue weighted by Crippen LogP contribution is 2.66. The van der Waals surface area contributed by atoms with Gasteiger partial charge in [-0.3, -0.25) is 0 Å². The van der Waals surface area contributed by atoms with Crippen molar-refractivity contribution in [1.82, 2.24) is 0 Å². The van der Waals surface area contributed by atoms with Gasteiger partial charge in [-0.2, -0.15) is 0 Å². The van der Waals surface area contributed by atoms with Crippen LogP contribution in [0.25, 0.3) is 0 Å². The number of aliphatic hydroxyl groups is 2. The average molecular weight is 601 g/mol. The van der Waals surface area contributed by atoms with Crippen molar-refractivity contribution in [3.05, 3.63) is 107 Å². The van der Waals surface area contributed by atoms with Crippen LogP contribution in [0, 0.1) is 16.7 Å². The fraction of sp³-hybridized carbons (Fsp3) is 0.550. The van der Waals surface area contributed by atoms with Gasteiger partial charge >= 0.3 is 0 Å². The van der Waals surface area contributed by atoms with E-state index in [1.807, 2.05) is 0 Å². The van der Waals surface area contributed by atoms with Crippen LogP contribution in [0.4, 0.5) is 0 Å². The lowest BCUT2D eigenvalue weighted by atomic mass is 9.63. The Kier molecular flexibility index (Phi) is 9.93. The maximum absolute atomic E-state index is 10.3. The number of hydrogen-bond donors (Lipinski definition) is 2. The Morgan fingerprint density at radius 3 is 1.75 bits per heavy atom. The van der Waals surface area contributed by atoms with Gasteiger partial charge in [0.1, 0.15) is 22.9 Å². The Morgan fingerprint density at radius 1 is 0.659 bits per heavy atom. The highest BCUT2D eigenvalue weighted by atomic mass is 16.6. The maximum Gasteiger partial charge on any atom is 0.121 e. The van der Waals surface area contributed by atoms with E-state index in [0.717, 1.165) is 12.8 Å². The van der Waals surface area contributed by atoms with Crippen molar-refractivity contribution >= 4 is 0 Å². The molecule has 4 fully saturated rings. The summed E-state index contributed by atoms with van der Waals surface area (Å²) < 4.78 is 12.2. The summed E-state index contributed by atoms with van der Waals surface area (Å²) in [6, 6.07) is 0. The molecule has 240 valence electrons. The second kappa shape index (κ2) is 12.7. The third-order valence-electron chi connectivity index (χ3n) is 10.3. The third-order valence-corrected chi connectivity index (χ3v) is 10.3. The SMILES string of the molecule is CC(/C=C/C=C(C)/C=C/[C@@H]1C(C)(C)C[C@@H](O)C2OC21C)=C\C=C\C=C(C)\C=C\C=C(C)\C=C\[C@@]12O[C@]1(C)C[C@@H](O)CC2(C)C. The van der Waals surface area contributed by atoms with Crippen LogP contribution in [0.15, 0.2) is 107 Å². The highest BCUT2D eigenvalue weighted by molar-refractivity contribution is 5.37. The first kappa shape index (κ1) is 34.4. The minimum atomic E-state index is -0.361. The zero-order chi connectivity index (χ0) is 32.6. The summed E-state index contributed by atoms with van der Waals surface area (Å²) in [5, 5.41) is 20.6. The van der Waals surface area contributed by atoms with E-state index >= 15 is 0 Å². The van der Waals surface area contributed by atoms with Crippen LogP contribution in [0.5, 0.6) is 0 Å². The predicted octanol–water partition coefficient (Wildman–Crippen LogP) is 8.83. The van der Waals surface area contributed by atoms with Gasteiger partial charge in [0.05, 0.1) is 12.2 Å². The smallest absolute Gasteiger partial charge is 0.121 e. The van der Waals surface area contributed by atoms with Crippen molar-refractivity contribution in [2.75, 3.05) is 0 Å². The molecule has 4 rings (SSSR count). The van der Waals surface area contributed by atoms with Crippen LogP contribution >= 0.6 is 0 Å². The zero-order valence-corrected chi connectivity index (χ0v) is 28.7. The van der Waals surface area contributed by atoms with Crippen molar-refractivity contribution in [2.45, 2.75) is 124 Å². The molecule has 0 spiro atoms. The number of rotatable bonds is 10. The van der Waals surface area contributed by atoms with Gasteiger partial charge in [-0.05, 0) is 65.9 Å². The van der Waals surface area contributed by atoms with Crippen molar-refractivity contribution in [3.63, 3.8) is 0 Å². The van der Waals surface area contributed by atoms with Crippen LogP contribution in [0.2, 0.25) is 0 Å². The van der Waals surface area contributed by atoms with E-state index in [9.17, 15) is 10.2 Å². The van der Waals surface area contributed by atoms with Gasteiger partial charge in [-0.15, -0.1) is 0 Å². The summed E-state index contributed by atoms with van der Waals surface area (Å²) in [6.45, 7) is 21.5. The van der Waals surface area contributed by atoms with Gasteiger partial charge < -0.3 is 19.7 Å². The molecule has 7 atom stereocenters. The number of aliphatic hydroxyl groups excluding tert-OH is 2. The zero-order valence-electron chi connectivity index (χ0n) is 28.7. The Morgan fingerprint density at radius 2 is 1.18 bits per heavy atom. The molecule has 4 nitrogen and oxygen atoms in total. The standard InChI is InChI=1S/C40H56O4/c1-28(17-13-19-30(3)21-22-34-36(5,6)27-33(42)35-39(34,10)43-35)15-11-12-16-29(2)18-14-20-31(4)23-24-40-37(7,8)25-32(41)26-38(40,9)44-40/h11-24,32-35,41-42H,25-27H2,1-10H3/b12-11+,17-13+,18-14+,22-21+,24-23+,28-15+,29-16+,30-19+,31-20+/t32-,33+,34+,35?,38+,39?,40-/m0/s1.